The van der Waals surface area contributed by atoms with E-state index in [4.69, 9.17) is 4.55 Å². The molecule has 0 radical (unpaired) electrons. The van der Waals surface area contributed by atoms with Gasteiger partial charge in [0.1, 0.15) is 0 Å². The zero-order chi connectivity index (χ0) is 30.0. The first kappa shape index (κ1) is 32.7. The fraction of sp³-hybridized carbons (Fsp3) is 0.667. The van der Waals surface area contributed by atoms with Gasteiger partial charge in [-0.3, -0.25) is 9.45 Å². The molecule has 2 fully saturated rings. The lowest BCUT2D eigenvalue weighted by Crippen LogP contribution is -2.62. The van der Waals surface area contributed by atoms with Crippen molar-refractivity contribution >= 4 is 21.9 Å². The van der Waals surface area contributed by atoms with Gasteiger partial charge in [-0.05, 0) is 30.5 Å². The van der Waals surface area contributed by atoms with E-state index in [0.717, 1.165) is 25.0 Å². The number of hydrogen-bond acceptors (Lipinski definition) is 5. The maximum atomic E-state index is 13.3. The highest BCUT2D eigenvalue weighted by Gasteiger charge is 2.62. The van der Waals surface area contributed by atoms with Crippen LogP contribution in [0.1, 0.15) is 24.0 Å². The molecule has 1 aromatic carbocycles. The summed E-state index contributed by atoms with van der Waals surface area (Å²) < 4.78 is 146. The third-order valence-corrected chi connectivity index (χ3v) is 6.09. The van der Waals surface area contributed by atoms with Crippen LogP contribution in [0.15, 0.2) is 18.2 Å². The molecule has 0 bridgehead atoms. The molecule has 1 unspecified atom stereocenters. The fourth-order valence-electron chi connectivity index (χ4n) is 4.52. The molecule has 0 aromatic heterocycles. The number of carboxylic acid groups (broad SMARTS) is 1. The van der Waals surface area contributed by atoms with Crippen molar-refractivity contribution in [3.05, 3.63) is 29.3 Å². The van der Waals surface area contributed by atoms with E-state index in [2.05, 4.69) is 0 Å². The number of carbonyl (C=O) groups is 1. The quantitative estimate of drug-likeness (QED) is 0.380. The first-order valence-electron chi connectivity index (χ1n) is 11.3. The SMILES string of the molecule is CS(=O)(=O)O.O=C(O)N1CCN(Cc2ccc(C(F)(F)F)cc2N2CCCC2)CC1C(C(F)(F)F)C(F)(F)F. The predicted molar refractivity (Wildman–Crippen MR) is 120 cm³/mol. The van der Waals surface area contributed by atoms with Gasteiger partial charge in [0, 0.05) is 45.0 Å². The van der Waals surface area contributed by atoms with Gasteiger partial charge in [-0.25, -0.2) is 4.79 Å². The summed E-state index contributed by atoms with van der Waals surface area (Å²) in [4.78, 5) is 14.5. The lowest BCUT2D eigenvalue weighted by molar-refractivity contribution is -0.300. The van der Waals surface area contributed by atoms with Gasteiger partial charge in [-0.2, -0.15) is 47.9 Å². The number of anilines is 1. The molecule has 18 heteroatoms. The highest BCUT2D eigenvalue weighted by Crippen LogP contribution is 2.44. The Morgan fingerprint density at radius 1 is 0.974 bits per heavy atom. The molecule has 39 heavy (non-hydrogen) atoms. The Balaban J connectivity index is 0.000000976. The summed E-state index contributed by atoms with van der Waals surface area (Å²) in [7, 11) is -3.67. The van der Waals surface area contributed by atoms with Gasteiger partial charge in [0.2, 0.25) is 0 Å². The molecule has 2 aliphatic heterocycles. The molecule has 3 rings (SSSR count). The van der Waals surface area contributed by atoms with Crippen molar-refractivity contribution in [1.82, 2.24) is 9.80 Å². The first-order chi connectivity index (χ1) is 17.6. The molecule has 2 aliphatic rings. The predicted octanol–water partition coefficient (Wildman–Crippen LogP) is 4.71. The Bertz CT molecular complexity index is 1080. The van der Waals surface area contributed by atoms with Crippen LogP contribution in [0.5, 0.6) is 0 Å². The number of halogens is 9. The van der Waals surface area contributed by atoms with Gasteiger partial charge in [0.05, 0.1) is 17.9 Å². The second-order valence-electron chi connectivity index (χ2n) is 9.11. The minimum absolute atomic E-state index is 0.135. The lowest BCUT2D eigenvalue weighted by atomic mass is 9.94. The van der Waals surface area contributed by atoms with Crippen LogP contribution >= 0.6 is 0 Å². The van der Waals surface area contributed by atoms with Crippen molar-refractivity contribution in [2.75, 3.05) is 43.9 Å². The summed E-state index contributed by atoms with van der Waals surface area (Å²) in [6.45, 7) is -0.956. The summed E-state index contributed by atoms with van der Waals surface area (Å²) in [6.07, 6.45) is -15.8. The van der Waals surface area contributed by atoms with Crippen LogP contribution in [-0.4, -0.2) is 91.3 Å². The summed E-state index contributed by atoms with van der Waals surface area (Å²) in [5.41, 5.74) is -0.387. The van der Waals surface area contributed by atoms with Gasteiger partial charge in [0.15, 0.2) is 5.92 Å². The normalized spacial score (nSPS) is 19.7. The summed E-state index contributed by atoms with van der Waals surface area (Å²) in [6, 6.07) is 0.463. The molecule has 224 valence electrons. The second-order valence-corrected chi connectivity index (χ2v) is 10.6. The van der Waals surface area contributed by atoms with E-state index in [1.807, 2.05) is 0 Å². The van der Waals surface area contributed by atoms with Crippen LogP contribution in [0.25, 0.3) is 0 Å². The molecule has 1 amide bonds. The van der Waals surface area contributed by atoms with E-state index in [1.165, 1.54) is 11.0 Å². The zero-order valence-corrected chi connectivity index (χ0v) is 21.1. The van der Waals surface area contributed by atoms with Crippen molar-refractivity contribution in [3.63, 3.8) is 0 Å². The Kier molecular flexibility index (Phi) is 10.0. The average molecular weight is 604 g/mol. The van der Waals surface area contributed by atoms with Gasteiger partial charge in [0.25, 0.3) is 10.1 Å². The Labute approximate surface area is 217 Å². The number of piperazine rings is 1. The molecule has 0 aliphatic carbocycles. The number of rotatable bonds is 4. The fourth-order valence-corrected chi connectivity index (χ4v) is 4.52. The van der Waals surface area contributed by atoms with Crippen LogP contribution in [-0.2, 0) is 22.8 Å². The molecule has 2 saturated heterocycles. The monoisotopic (exact) mass is 603 g/mol. The van der Waals surface area contributed by atoms with E-state index in [-0.39, 0.29) is 23.7 Å². The maximum absolute atomic E-state index is 13.3. The molecule has 1 atom stereocenters. The topological polar surface area (TPSA) is 101 Å². The Morgan fingerprint density at radius 2 is 1.49 bits per heavy atom. The zero-order valence-electron chi connectivity index (χ0n) is 20.3. The standard InChI is InChI=1S/C20H22F9N3O2.CH4O3S/c21-18(22,23)13-4-3-12(14(9-13)31-5-1-2-6-31)10-30-7-8-32(17(33)34)15(11-30)16(19(24,25)26)20(27,28)29;1-5(2,3)4/h3-4,9,15-16H,1-2,5-8,10-11H2,(H,33,34);1H3,(H,2,3,4). The molecule has 0 saturated carbocycles. The first-order valence-corrected chi connectivity index (χ1v) is 13.2. The van der Waals surface area contributed by atoms with Crippen molar-refractivity contribution in [1.29, 1.82) is 0 Å². The highest BCUT2D eigenvalue weighted by atomic mass is 32.2. The third kappa shape index (κ3) is 9.59. The van der Waals surface area contributed by atoms with Crippen molar-refractivity contribution in [3.8, 4) is 0 Å². The average Bonchev–Trinajstić information content (AvgIpc) is 3.24. The molecule has 2 N–H and O–H groups in total. The van der Waals surface area contributed by atoms with E-state index >= 15 is 0 Å². The minimum atomic E-state index is -5.74. The van der Waals surface area contributed by atoms with Crippen molar-refractivity contribution < 1.29 is 62.4 Å². The summed E-state index contributed by atoms with van der Waals surface area (Å²) >= 11 is 0. The van der Waals surface area contributed by atoms with Crippen LogP contribution in [0.2, 0.25) is 0 Å². The Morgan fingerprint density at radius 3 is 1.92 bits per heavy atom. The van der Waals surface area contributed by atoms with Crippen LogP contribution in [0, 0.1) is 5.92 Å². The van der Waals surface area contributed by atoms with Crippen molar-refractivity contribution in [2.24, 2.45) is 5.92 Å². The maximum Gasteiger partial charge on any atom is 0.416 e. The number of amides is 1. The molecular weight excluding hydrogens is 577 g/mol. The minimum Gasteiger partial charge on any atom is -0.465 e. The number of nitrogens with zero attached hydrogens (tertiary/aromatic N) is 3. The van der Waals surface area contributed by atoms with E-state index in [0.29, 0.717) is 24.9 Å². The van der Waals surface area contributed by atoms with Gasteiger partial charge < -0.3 is 14.9 Å². The smallest absolute Gasteiger partial charge is 0.416 e. The Hall–Kier alpha value is -2.47. The molecule has 8 nitrogen and oxygen atoms in total. The summed E-state index contributed by atoms with van der Waals surface area (Å²) in [5.74, 6) is -3.90. The third-order valence-electron chi connectivity index (χ3n) is 6.09. The number of hydrogen-bond donors (Lipinski definition) is 2. The number of alkyl halides is 9. The molecule has 2 heterocycles. The molecular formula is C21H26F9N3O5S. The highest BCUT2D eigenvalue weighted by molar-refractivity contribution is 7.85. The van der Waals surface area contributed by atoms with Gasteiger partial charge >= 0.3 is 24.6 Å². The van der Waals surface area contributed by atoms with Crippen LogP contribution in [0.4, 0.5) is 50.0 Å². The van der Waals surface area contributed by atoms with Crippen LogP contribution in [0.3, 0.4) is 0 Å². The van der Waals surface area contributed by atoms with Gasteiger partial charge in [-0.15, -0.1) is 0 Å². The van der Waals surface area contributed by atoms with Gasteiger partial charge in [-0.1, -0.05) is 6.07 Å². The van der Waals surface area contributed by atoms with E-state index < -0.39 is 65.4 Å². The van der Waals surface area contributed by atoms with Crippen LogP contribution < -0.4 is 4.90 Å². The van der Waals surface area contributed by atoms with E-state index in [9.17, 15) is 57.8 Å². The molecule has 0 spiro atoms. The second kappa shape index (κ2) is 12.0. The summed E-state index contributed by atoms with van der Waals surface area (Å²) in [5, 5.41) is 9.22. The number of benzene rings is 1. The largest absolute Gasteiger partial charge is 0.465 e. The lowest BCUT2D eigenvalue weighted by Gasteiger charge is -2.44. The van der Waals surface area contributed by atoms with E-state index in [1.54, 1.807) is 4.90 Å². The molecule has 1 aromatic rings. The van der Waals surface area contributed by atoms with Crippen molar-refractivity contribution in [2.45, 2.75) is 44.0 Å².